The van der Waals surface area contributed by atoms with Gasteiger partial charge in [0.1, 0.15) is 0 Å². The summed E-state index contributed by atoms with van der Waals surface area (Å²) in [5.74, 6) is 0.769. The third kappa shape index (κ3) is 14.0. The third-order valence-corrected chi connectivity index (χ3v) is 2.77. The molecule has 0 atom stereocenters. The van der Waals surface area contributed by atoms with Gasteiger partial charge in [0.05, 0.1) is 0 Å². The number of unbranched alkanes of at least 4 members (excludes halogenated alkanes) is 5. The van der Waals surface area contributed by atoms with Crippen LogP contribution in [0.15, 0.2) is 0 Å². The Morgan fingerprint density at radius 3 is 1.93 bits per heavy atom. The van der Waals surface area contributed by atoms with Crippen molar-refractivity contribution in [2.24, 2.45) is 11.3 Å². The van der Waals surface area contributed by atoms with E-state index in [1.54, 1.807) is 0 Å². The summed E-state index contributed by atoms with van der Waals surface area (Å²) < 4.78 is 0. The maximum Gasteiger partial charge on any atom is -0.0360 e. The van der Waals surface area contributed by atoms with E-state index >= 15 is 0 Å². The molecule has 0 spiro atoms. The van der Waals surface area contributed by atoms with Gasteiger partial charge >= 0.3 is 0 Å². The largest absolute Gasteiger partial charge is 0.0625 e. The van der Waals surface area contributed by atoms with Gasteiger partial charge in [0, 0.05) is 0 Å². The Morgan fingerprint density at radius 2 is 1.40 bits per heavy atom. The average molecular weight is 211 g/mol. The fourth-order valence-electron chi connectivity index (χ4n) is 1.78. The van der Waals surface area contributed by atoms with E-state index in [-0.39, 0.29) is 0 Å². The smallest absolute Gasteiger partial charge is 0.0360 e. The van der Waals surface area contributed by atoms with Crippen LogP contribution in [0.5, 0.6) is 0 Å². The Labute approximate surface area is 97.8 Å². The summed E-state index contributed by atoms with van der Waals surface area (Å²) in [7, 11) is 0. The van der Waals surface area contributed by atoms with Crippen molar-refractivity contribution in [2.75, 3.05) is 0 Å². The molecule has 91 valence electrons. The highest BCUT2D eigenvalue weighted by Crippen LogP contribution is 2.22. The van der Waals surface area contributed by atoms with Crippen LogP contribution < -0.4 is 0 Å². The quantitative estimate of drug-likeness (QED) is 0.457. The van der Waals surface area contributed by atoms with Crippen molar-refractivity contribution in [3.8, 4) is 0 Å². The standard InChI is InChI=1S/C15H31/c1-14(2)12-10-8-6-7-9-11-13-15(3,4)5/h12,14H,6-11,13H2,1-5H3. The van der Waals surface area contributed by atoms with Crippen molar-refractivity contribution in [1.29, 1.82) is 0 Å². The van der Waals surface area contributed by atoms with Crippen LogP contribution >= 0.6 is 0 Å². The first-order valence-electron chi connectivity index (χ1n) is 6.75. The lowest BCUT2D eigenvalue weighted by molar-refractivity contribution is 0.356. The van der Waals surface area contributed by atoms with Gasteiger partial charge in [-0.25, -0.2) is 0 Å². The Bertz CT molecular complexity index is 127. The zero-order valence-corrected chi connectivity index (χ0v) is 11.6. The molecule has 0 N–H and O–H groups in total. The van der Waals surface area contributed by atoms with Gasteiger partial charge < -0.3 is 0 Å². The molecular weight excluding hydrogens is 180 g/mol. The Balaban J connectivity index is 3.06. The van der Waals surface area contributed by atoms with Crippen LogP contribution in [0.2, 0.25) is 0 Å². The molecule has 0 unspecified atom stereocenters. The van der Waals surface area contributed by atoms with Crippen molar-refractivity contribution in [3.63, 3.8) is 0 Å². The van der Waals surface area contributed by atoms with E-state index in [0.717, 1.165) is 5.92 Å². The summed E-state index contributed by atoms with van der Waals surface area (Å²) >= 11 is 0. The van der Waals surface area contributed by atoms with Crippen LogP contribution in [-0.4, -0.2) is 0 Å². The van der Waals surface area contributed by atoms with E-state index in [0.29, 0.717) is 5.41 Å². The number of hydrogen-bond acceptors (Lipinski definition) is 0. The van der Waals surface area contributed by atoms with Gasteiger partial charge in [0.15, 0.2) is 0 Å². The minimum Gasteiger partial charge on any atom is -0.0625 e. The summed E-state index contributed by atoms with van der Waals surface area (Å²) in [5.41, 5.74) is 0.533. The molecular formula is C15H31. The molecule has 0 aromatic carbocycles. The predicted molar refractivity (Wildman–Crippen MR) is 70.9 cm³/mol. The molecule has 0 aromatic heterocycles. The minimum atomic E-state index is 0.533. The van der Waals surface area contributed by atoms with E-state index in [1.165, 1.54) is 44.9 Å². The molecule has 0 fully saturated rings. The van der Waals surface area contributed by atoms with Crippen LogP contribution in [-0.2, 0) is 0 Å². The van der Waals surface area contributed by atoms with Crippen molar-refractivity contribution in [3.05, 3.63) is 6.42 Å². The topological polar surface area (TPSA) is 0 Å². The highest BCUT2D eigenvalue weighted by atomic mass is 14.1. The van der Waals surface area contributed by atoms with Gasteiger partial charge in [0.2, 0.25) is 0 Å². The SMILES string of the molecule is CC(C)[CH]CCCCCCCC(C)(C)C. The van der Waals surface area contributed by atoms with E-state index < -0.39 is 0 Å². The Morgan fingerprint density at radius 1 is 0.867 bits per heavy atom. The number of hydrogen-bond donors (Lipinski definition) is 0. The second-order valence-corrected chi connectivity index (χ2v) is 6.35. The van der Waals surface area contributed by atoms with Gasteiger partial charge in [-0.15, -0.1) is 0 Å². The lowest BCUT2D eigenvalue weighted by atomic mass is 9.89. The summed E-state index contributed by atoms with van der Waals surface area (Å²) in [6, 6.07) is 0. The molecule has 15 heavy (non-hydrogen) atoms. The molecule has 0 nitrogen and oxygen atoms in total. The predicted octanol–water partition coefficient (Wildman–Crippen LogP) is 5.62. The fraction of sp³-hybridized carbons (Fsp3) is 0.933. The van der Waals surface area contributed by atoms with E-state index in [1.807, 2.05) is 0 Å². The Kier molecular flexibility index (Phi) is 8.19. The molecule has 0 saturated heterocycles. The van der Waals surface area contributed by atoms with Crippen LogP contribution in [0.4, 0.5) is 0 Å². The zero-order chi connectivity index (χ0) is 11.7. The lowest BCUT2D eigenvalue weighted by Crippen LogP contribution is -2.03. The molecule has 0 saturated carbocycles. The molecule has 0 bridgehead atoms. The van der Waals surface area contributed by atoms with Crippen LogP contribution in [0.25, 0.3) is 0 Å². The maximum absolute atomic E-state index is 2.44. The third-order valence-electron chi connectivity index (χ3n) is 2.77. The summed E-state index contributed by atoms with van der Waals surface area (Å²) in [6.45, 7) is 11.5. The second-order valence-electron chi connectivity index (χ2n) is 6.35. The van der Waals surface area contributed by atoms with E-state index in [4.69, 9.17) is 0 Å². The van der Waals surface area contributed by atoms with Gasteiger partial charge in [0.25, 0.3) is 0 Å². The van der Waals surface area contributed by atoms with Gasteiger partial charge in [-0.2, -0.15) is 0 Å². The summed E-state index contributed by atoms with van der Waals surface area (Å²) in [4.78, 5) is 0. The summed E-state index contributed by atoms with van der Waals surface area (Å²) in [6.07, 6.45) is 12.2. The highest BCUT2D eigenvalue weighted by Gasteiger charge is 2.08. The van der Waals surface area contributed by atoms with Gasteiger partial charge in [-0.1, -0.05) is 66.7 Å². The van der Waals surface area contributed by atoms with Gasteiger partial charge in [-0.05, 0) is 30.6 Å². The van der Waals surface area contributed by atoms with Crippen molar-refractivity contribution >= 4 is 0 Å². The molecule has 0 heterocycles. The first-order valence-corrected chi connectivity index (χ1v) is 6.75. The van der Waals surface area contributed by atoms with Crippen LogP contribution in [0.1, 0.15) is 79.6 Å². The average Bonchev–Trinajstić information content (AvgIpc) is 2.07. The van der Waals surface area contributed by atoms with E-state index in [9.17, 15) is 0 Å². The zero-order valence-electron chi connectivity index (χ0n) is 11.6. The van der Waals surface area contributed by atoms with Crippen LogP contribution in [0.3, 0.4) is 0 Å². The lowest BCUT2D eigenvalue weighted by Gasteiger charge is -2.17. The first-order chi connectivity index (χ1) is 6.92. The second kappa shape index (κ2) is 8.19. The molecule has 0 amide bonds. The molecule has 0 aliphatic heterocycles. The molecule has 0 aromatic rings. The van der Waals surface area contributed by atoms with Crippen molar-refractivity contribution in [1.82, 2.24) is 0 Å². The molecule has 0 heteroatoms. The Hall–Kier alpha value is 0. The van der Waals surface area contributed by atoms with Gasteiger partial charge in [-0.3, -0.25) is 0 Å². The number of rotatable bonds is 8. The maximum atomic E-state index is 2.44. The van der Waals surface area contributed by atoms with E-state index in [2.05, 4.69) is 41.0 Å². The van der Waals surface area contributed by atoms with Crippen molar-refractivity contribution in [2.45, 2.75) is 79.6 Å². The fourth-order valence-corrected chi connectivity index (χ4v) is 1.78. The highest BCUT2D eigenvalue weighted by molar-refractivity contribution is 4.68. The van der Waals surface area contributed by atoms with Crippen molar-refractivity contribution < 1.29 is 0 Å². The molecule has 1 radical (unpaired) electrons. The van der Waals surface area contributed by atoms with Crippen LogP contribution in [0, 0.1) is 17.8 Å². The first kappa shape index (κ1) is 15.0. The minimum absolute atomic E-state index is 0.533. The molecule has 0 aliphatic rings. The molecule has 0 aliphatic carbocycles. The monoisotopic (exact) mass is 211 g/mol. The normalized spacial score (nSPS) is 12.4. The molecule has 0 rings (SSSR count). The summed E-state index contributed by atoms with van der Waals surface area (Å²) in [5, 5.41) is 0.